The van der Waals surface area contributed by atoms with Crippen molar-refractivity contribution in [2.45, 2.75) is 6.42 Å². The Balaban J connectivity index is 1.98. The molecule has 0 unspecified atom stereocenters. The van der Waals surface area contributed by atoms with E-state index in [1.807, 2.05) is 0 Å². The van der Waals surface area contributed by atoms with Gasteiger partial charge in [0.15, 0.2) is 17.5 Å². The summed E-state index contributed by atoms with van der Waals surface area (Å²) in [4.78, 5) is 11.6. The molecule has 0 atom stereocenters. The lowest BCUT2D eigenvalue weighted by atomic mass is 10.2. The lowest BCUT2D eigenvalue weighted by Gasteiger charge is -2.06. The minimum absolute atomic E-state index is 0.222. The summed E-state index contributed by atoms with van der Waals surface area (Å²) in [5.41, 5.74) is 0.273. The van der Waals surface area contributed by atoms with Crippen LogP contribution in [0.5, 0.6) is 0 Å². The van der Waals surface area contributed by atoms with Gasteiger partial charge in [0.1, 0.15) is 0 Å². The number of halogens is 3. The molecule has 1 aromatic carbocycles. The molecule has 2 rings (SSSR count). The van der Waals surface area contributed by atoms with Crippen LogP contribution in [0.15, 0.2) is 24.4 Å². The smallest absolute Gasteiger partial charge is 0.254 e. The fraction of sp³-hybridized carbons (Fsp3) is 0.167. The molecule has 0 saturated heterocycles. The van der Waals surface area contributed by atoms with Gasteiger partial charge in [0, 0.05) is 24.9 Å². The lowest BCUT2D eigenvalue weighted by molar-refractivity contribution is 0.0948. The second-order valence-corrected chi connectivity index (χ2v) is 3.81. The summed E-state index contributed by atoms with van der Waals surface area (Å²) in [6.07, 6.45) is 2.03. The fourth-order valence-electron chi connectivity index (χ4n) is 1.53. The van der Waals surface area contributed by atoms with E-state index in [0.29, 0.717) is 12.5 Å². The standard InChI is InChI=1S/C12H10F3N3O/c13-9-2-1-8(10(14)11(9)15)12(19)16-5-3-7-4-6-17-18-7/h1-2,4,6H,3,5H2,(H,16,19)(H,17,18). The maximum absolute atomic E-state index is 13.3. The molecule has 4 nitrogen and oxygen atoms in total. The van der Waals surface area contributed by atoms with Crippen molar-refractivity contribution in [3.05, 3.63) is 53.1 Å². The van der Waals surface area contributed by atoms with E-state index in [1.165, 1.54) is 0 Å². The van der Waals surface area contributed by atoms with Gasteiger partial charge < -0.3 is 5.32 Å². The average molecular weight is 269 g/mol. The minimum atomic E-state index is -1.65. The molecule has 0 aliphatic rings. The van der Waals surface area contributed by atoms with E-state index in [0.717, 1.165) is 11.8 Å². The maximum atomic E-state index is 13.3. The molecule has 0 radical (unpaired) electrons. The minimum Gasteiger partial charge on any atom is -0.352 e. The van der Waals surface area contributed by atoms with Crippen molar-refractivity contribution in [3.63, 3.8) is 0 Å². The number of carbonyl (C=O) groups is 1. The molecule has 100 valence electrons. The number of nitrogens with zero attached hydrogens (tertiary/aromatic N) is 1. The predicted octanol–water partition coefficient (Wildman–Crippen LogP) is 1.80. The molecule has 19 heavy (non-hydrogen) atoms. The van der Waals surface area contributed by atoms with Gasteiger partial charge in [-0.3, -0.25) is 9.89 Å². The summed E-state index contributed by atoms with van der Waals surface area (Å²) in [7, 11) is 0. The van der Waals surface area contributed by atoms with Crippen LogP contribution in [0.25, 0.3) is 0 Å². The number of benzene rings is 1. The highest BCUT2D eigenvalue weighted by atomic mass is 19.2. The van der Waals surface area contributed by atoms with Crippen molar-refractivity contribution in [1.82, 2.24) is 15.5 Å². The van der Waals surface area contributed by atoms with E-state index in [-0.39, 0.29) is 6.54 Å². The van der Waals surface area contributed by atoms with Gasteiger partial charge in [-0.1, -0.05) is 0 Å². The van der Waals surface area contributed by atoms with Crippen molar-refractivity contribution < 1.29 is 18.0 Å². The van der Waals surface area contributed by atoms with Gasteiger partial charge in [-0.25, -0.2) is 13.2 Å². The van der Waals surface area contributed by atoms with Crippen LogP contribution in [0.1, 0.15) is 16.1 Å². The molecule has 0 bridgehead atoms. The highest BCUT2D eigenvalue weighted by Crippen LogP contribution is 2.14. The van der Waals surface area contributed by atoms with Gasteiger partial charge in [0.25, 0.3) is 5.91 Å². The Morgan fingerprint density at radius 2 is 2.00 bits per heavy atom. The topological polar surface area (TPSA) is 57.8 Å². The zero-order valence-corrected chi connectivity index (χ0v) is 9.71. The van der Waals surface area contributed by atoms with Gasteiger partial charge >= 0.3 is 0 Å². The van der Waals surface area contributed by atoms with Gasteiger partial charge in [-0.05, 0) is 18.2 Å². The molecule has 1 heterocycles. The number of aromatic nitrogens is 2. The van der Waals surface area contributed by atoms with Crippen molar-refractivity contribution in [1.29, 1.82) is 0 Å². The first-order valence-corrected chi connectivity index (χ1v) is 5.49. The number of hydrogen-bond donors (Lipinski definition) is 2. The average Bonchev–Trinajstić information content (AvgIpc) is 2.89. The quantitative estimate of drug-likeness (QED) is 0.831. The van der Waals surface area contributed by atoms with Crippen LogP contribution in [0.4, 0.5) is 13.2 Å². The lowest BCUT2D eigenvalue weighted by Crippen LogP contribution is -2.27. The SMILES string of the molecule is O=C(NCCc1ccn[nH]1)c1ccc(F)c(F)c1F. The van der Waals surface area contributed by atoms with Gasteiger partial charge in [0.2, 0.25) is 0 Å². The Bertz CT molecular complexity index is 584. The molecule has 7 heteroatoms. The summed E-state index contributed by atoms with van der Waals surface area (Å²) in [6.45, 7) is 0.222. The molecule has 0 fully saturated rings. The first-order chi connectivity index (χ1) is 9.09. The Morgan fingerprint density at radius 3 is 2.68 bits per heavy atom. The molecule has 0 aliphatic heterocycles. The number of H-pyrrole nitrogens is 1. The monoisotopic (exact) mass is 269 g/mol. The van der Waals surface area contributed by atoms with E-state index < -0.39 is 28.9 Å². The number of hydrogen-bond acceptors (Lipinski definition) is 2. The van der Waals surface area contributed by atoms with Gasteiger partial charge in [0.05, 0.1) is 5.56 Å². The molecular formula is C12H10F3N3O. The Kier molecular flexibility index (Phi) is 3.84. The van der Waals surface area contributed by atoms with Gasteiger partial charge in [-0.2, -0.15) is 5.10 Å². The first kappa shape index (κ1) is 13.1. The molecule has 2 N–H and O–H groups in total. The van der Waals surface area contributed by atoms with E-state index in [9.17, 15) is 18.0 Å². The van der Waals surface area contributed by atoms with Crippen LogP contribution in [-0.4, -0.2) is 22.6 Å². The van der Waals surface area contributed by atoms with Crippen molar-refractivity contribution >= 4 is 5.91 Å². The third-order valence-corrected chi connectivity index (χ3v) is 2.52. The fourth-order valence-corrected chi connectivity index (χ4v) is 1.53. The summed E-state index contributed by atoms with van der Waals surface area (Å²) in [6, 6.07) is 3.34. The number of nitrogens with one attached hydrogen (secondary N) is 2. The predicted molar refractivity (Wildman–Crippen MR) is 60.9 cm³/mol. The molecule has 0 aliphatic carbocycles. The van der Waals surface area contributed by atoms with Crippen LogP contribution in [0.2, 0.25) is 0 Å². The number of aromatic amines is 1. The highest BCUT2D eigenvalue weighted by molar-refractivity contribution is 5.94. The van der Waals surface area contributed by atoms with Crippen molar-refractivity contribution in [3.8, 4) is 0 Å². The third kappa shape index (κ3) is 2.93. The summed E-state index contributed by atoms with van der Waals surface area (Å²) < 4.78 is 39.0. The van der Waals surface area contributed by atoms with Crippen LogP contribution < -0.4 is 5.32 Å². The number of rotatable bonds is 4. The molecule has 2 aromatic rings. The first-order valence-electron chi connectivity index (χ1n) is 5.49. The Labute approximate surface area is 106 Å². The molecular weight excluding hydrogens is 259 g/mol. The number of amides is 1. The zero-order chi connectivity index (χ0) is 13.8. The highest BCUT2D eigenvalue weighted by Gasteiger charge is 2.18. The van der Waals surface area contributed by atoms with Crippen LogP contribution >= 0.6 is 0 Å². The molecule has 0 saturated carbocycles. The second-order valence-electron chi connectivity index (χ2n) is 3.81. The summed E-state index contributed by atoms with van der Waals surface area (Å²) >= 11 is 0. The van der Waals surface area contributed by atoms with Gasteiger partial charge in [-0.15, -0.1) is 0 Å². The van der Waals surface area contributed by atoms with Crippen LogP contribution in [0.3, 0.4) is 0 Å². The van der Waals surface area contributed by atoms with Crippen molar-refractivity contribution in [2.75, 3.05) is 6.54 Å². The maximum Gasteiger partial charge on any atom is 0.254 e. The van der Waals surface area contributed by atoms with E-state index in [1.54, 1.807) is 12.3 Å². The Morgan fingerprint density at radius 1 is 1.21 bits per heavy atom. The second kappa shape index (κ2) is 5.55. The number of carbonyl (C=O) groups excluding carboxylic acids is 1. The van der Waals surface area contributed by atoms with E-state index in [4.69, 9.17) is 0 Å². The van der Waals surface area contributed by atoms with E-state index >= 15 is 0 Å². The summed E-state index contributed by atoms with van der Waals surface area (Å²) in [5.74, 6) is -5.26. The third-order valence-electron chi connectivity index (χ3n) is 2.52. The molecule has 1 aromatic heterocycles. The molecule has 1 amide bonds. The van der Waals surface area contributed by atoms with E-state index in [2.05, 4.69) is 15.5 Å². The largest absolute Gasteiger partial charge is 0.352 e. The normalized spacial score (nSPS) is 10.5. The summed E-state index contributed by atoms with van der Waals surface area (Å²) in [5, 5.41) is 8.83. The van der Waals surface area contributed by atoms with Crippen LogP contribution in [-0.2, 0) is 6.42 Å². The molecule has 0 spiro atoms. The van der Waals surface area contributed by atoms with Crippen LogP contribution in [0, 0.1) is 17.5 Å². The Hall–Kier alpha value is -2.31. The zero-order valence-electron chi connectivity index (χ0n) is 9.71. The van der Waals surface area contributed by atoms with Crippen molar-refractivity contribution in [2.24, 2.45) is 0 Å².